The summed E-state index contributed by atoms with van der Waals surface area (Å²) < 4.78 is 30.0. The van der Waals surface area contributed by atoms with Gasteiger partial charge in [0, 0.05) is 10.5 Å². The zero-order valence-electron chi connectivity index (χ0n) is 14.9. The molecule has 0 aliphatic heterocycles. The highest BCUT2D eigenvalue weighted by molar-refractivity contribution is 9.10. The molecule has 3 nitrogen and oxygen atoms in total. The number of halogens is 1. The molecule has 5 rings (SSSR count). The molecule has 0 saturated heterocycles. The SMILES string of the molecule is CCC[C@H](NS(=O)(=O)c1ccc(Br)cc1)C12CC3CC(CC(C3)C1)C2. The molecule has 0 amide bonds. The Morgan fingerprint density at radius 3 is 2.08 bits per heavy atom. The van der Waals surface area contributed by atoms with Gasteiger partial charge in [-0.05, 0) is 92.4 Å². The van der Waals surface area contributed by atoms with Crippen molar-refractivity contribution in [1.29, 1.82) is 0 Å². The Balaban J connectivity index is 1.60. The largest absolute Gasteiger partial charge is 0.240 e. The fraction of sp³-hybridized carbons (Fsp3) is 0.700. The third kappa shape index (κ3) is 3.44. The van der Waals surface area contributed by atoms with E-state index in [9.17, 15) is 8.42 Å². The first-order chi connectivity index (χ1) is 11.9. The molecule has 5 heteroatoms. The highest BCUT2D eigenvalue weighted by Gasteiger charge is 2.54. The molecule has 4 aliphatic rings. The van der Waals surface area contributed by atoms with Crippen LogP contribution in [0.4, 0.5) is 0 Å². The minimum absolute atomic E-state index is 0.0829. The minimum atomic E-state index is -3.46. The molecule has 0 spiro atoms. The first-order valence-corrected chi connectivity index (χ1v) is 12.0. The van der Waals surface area contributed by atoms with Crippen LogP contribution in [0.1, 0.15) is 58.3 Å². The second kappa shape index (κ2) is 6.65. The molecular weight excluding hydrogens is 398 g/mol. The van der Waals surface area contributed by atoms with Gasteiger partial charge < -0.3 is 0 Å². The van der Waals surface area contributed by atoms with Gasteiger partial charge in [0.2, 0.25) is 10.0 Å². The van der Waals surface area contributed by atoms with Crippen molar-refractivity contribution in [2.45, 2.75) is 69.2 Å². The van der Waals surface area contributed by atoms with E-state index in [0.29, 0.717) is 4.90 Å². The fourth-order valence-electron chi connectivity index (χ4n) is 6.25. The molecule has 0 heterocycles. The average molecular weight is 426 g/mol. The van der Waals surface area contributed by atoms with E-state index >= 15 is 0 Å². The summed E-state index contributed by atoms with van der Waals surface area (Å²) in [5.74, 6) is 2.51. The molecule has 4 saturated carbocycles. The van der Waals surface area contributed by atoms with Crippen molar-refractivity contribution >= 4 is 26.0 Å². The third-order valence-electron chi connectivity index (χ3n) is 6.82. The smallest absolute Gasteiger partial charge is 0.208 e. The van der Waals surface area contributed by atoms with Crippen molar-refractivity contribution in [2.24, 2.45) is 23.2 Å². The summed E-state index contributed by atoms with van der Waals surface area (Å²) >= 11 is 3.38. The minimum Gasteiger partial charge on any atom is -0.208 e. The van der Waals surface area contributed by atoms with Gasteiger partial charge in [0.1, 0.15) is 0 Å². The van der Waals surface area contributed by atoms with E-state index in [4.69, 9.17) is 0 Å². The summed E-state index contributed by atoms with van der Waals surface area (Å²) in [6, 6.07) is 7.06. The van der Waals surface area contributed by atoms with Crippen molar-refractivity contribution in [3.63, 3.8) is 0 Å². The van der Waals surface area contributed by atoms with Crippen molar-refractivity contribution < 1.29 is 8.42 Å². The topological polar surface area (TPSA) is 46.2 Å². The van der Waals surface area contributed by atoms with Gasteiger partial charge >= 0.3 is 0 Å². The van der Waals surface area contributed by atoms with Crippen molar-refractivity contribution in [3.05, 3.63) is 28.7 Å². The van der Waals surface area contributed by atoms with Gasteiger partial charge in [0.25, 0.3) is 0 Å². The molecule has 0 radical (unpaired) electrons. The zero-order chi connectivity index (χ0) is 17.7. The monoisotopic (exact) mass is 425 g/mol. The third-order valence-corrected chi connectivity index (χ3v) is 8.84. The van der Waals surface area contributed by atoms with E-state index in [0.717, 1.165) is 35.1 Å². The quantitative estimate of drug-likeness (QED) is 0.687. The second-order valence-corrected chi connectivity index (χ2v) is 11.3. The van der Waals surface area contributed by atoms with E-state index in [2.05, 4.69) is 27.6 Å². The standard InChI is InChI=1S/C20H28BrNO2S/c1-2-3-19(22-25(23,24)18-6-4-17(21)5-7-18)20-11-14-8-15(12-20)10-16(9-14)13-20/h4-7,14-16,19,22H,2-3,8-13H2,1H3/t14?,15?,16?,19-,20?/m0/s1. The number of hydrogen-bond donors (Lipinski definition) is 1. The zero-order valence-corrected chi connectivity index (χ0v) is 17.3. The van der Waals surface area contributed by atoms with Gasteiger partial charge in [0.05, 0.1) is 4.90 Å². The molecular formula is C20H28BrNO2S. The van der Waals surface area contributed by atoms with Gasteiger partial charge in [-0.3, -0.25) is 0 Å². The highest BCUT2D eigenvalue weighted by Crippen LogP contribution is 2.61. The molecule has 1 aromatic carbocycles. The first-order valence-electron chi connectivity index (χ1n) is 9.68. The number of benzene rings is 1. The Bertz CT molecular complexity index is 693. The lowest BCUT2D eigenvalue weighted by Gasteiger charge is -2.59. The van der Waals surface area contributed by atoms with E-state index in [-0.39, 0.29) is 11.5 Å². The van der Waals surface area contributed by atoms with Crippen LogP contribution >= 0.6 is 15.9 Å². The number of rotatable bonds is 6. The van der Waals surface area contributed by atoms with Crippen molar-refractivity contribution in [2.75, 3.05) is 0 Å². The molecule has 4 fully saturated rings. The summed E-state index contributed by atoms with van der Waals surface area (Å²) in [6.07, 6.45) is 9.81. The molecule has 1 aromatic rings. The maximum Gasteiger partial charge on any atom is 0.240 e. The lowest BCUT2D eigenvalue weighted by atomic mass is 9.47. The Hall–Kier alpha value is -0.390. The first kappa shape index (κ1) is 18.0. The summed E-state index contributed by atoms with van der Waals surface area (Å²) in [4.78, 5) is 0.376. The molecule has 0 unspecified atom stereocenters. The van der Waals surface area contributed by atoms with Crippen LogP contribution in [0.2, 0.25) is 0 Å². The van der Waals surface area contributed by atoms with Crippen LogP contribution in [0, 0.1) is 23.2 Å². The maximum atomic E-state index is 13.0. The number of sulfonamides is 1. The van der Waals surface area contributed by atoms with E-state index < -0.39 is 10.0 Å². The molecule has 25 heavy (non-hydrogen) atoms. The van der Waals surface area contributed by atoms with Crippen LogP contribution in [0.15, 0.2) is 33.6 Å². The number of hydrogen-bond acceptors (Lipinski definition) is 2. The van der Waals surface area contributed by atoms with Gasteiger partial charge in [-0.1, -0.05) is 29.3 Å². The van der Waals surface area contributed by atoms with Crippen LogP contribution in [0.3, 0.4) is 0 Å². The molecule has 1 N–H and O–H groups in total. The van der Waals surface area contributed by atoms with Crippen LogP contribution in [-0.2, 0) is 10.0 Å². The van der Waals surface area contributed by atoms with Gasteiger partial charge in [-0.15, -0.1) is 0 Å². The van der Waals surface area contributed by atoms with Crippen molar-refractivity contribution in [1.82, 2.24) is 4.72 Å². The Labute approximate surface area is 160 Å². The van der Waals surface area contributed by atoms with Crippen LogP contribution in [-0.4, -0.2) is 14.5 Å². The van der Waals surface area contributed by atoms with Crippen LogP contribution < -0.4 is 4.72 Å². The number of nitrogens with one attached hydrogen (secondary N) is 1. The Kier molecular flexibility index (Phi) is 4.79. The lowest BCUT2D eigenvalue weighted by Crippen LogP contribution is -2.56. The fourth-order valence-corrected chi connectivity index (χ4v) is 7.89. The molecule has 4 aliphatic carbocycles. The van der Waals surface area contributed by atoms with Gasteiger partial charge in [-0.2, -0.15) is 0 Å². The maximum absolute atomic E-state index is 13.0. The highest BCUT2D eigenvalue weighted by atomic mass is 79.9. The van der Waals surface area contributed by atoms with E-state index in [1.165, 1.54) is 38.5 Å². The summed E-state index contributed by atoms with van der Waals surface area (Å²) in [6.45, 7) is 2.17. The molecule has 0 aromatic heterocycles. The Morgan fingerprint density at radius 1 is 1.08 bits per heavy atom. The molecule has 1 atom stereocenters. The van der Waals surface area contributed by atoms with E-state index in [1.807, 2.05) is 0 Å². The van der Waals surface area contributed by atoms with E-state index in [1.54, 1.807) is 24.3 Å². The Morgan fingerprint density at radius 2 is 1.60 bits per heavy atom. The summed E-state index contributed by atoms with van der Waals surface area (Å²) in [5.41, 5.74) is 0.202. The van der Waals surface area contributed by atoms with Crippen LogP contribution in [0.25, 0.3) is 0 Å². The molecule has 138 valence electrons. The predicted molar refractivity (Wildman–Crippen MR) is 104 cm³/mol. The summed E-state index contributed by atoms with van der Waals surface area (Å²) in [7, 11) is -3.46. The lowest BCUT2D eigenvalue weighted by molar-refractivity contribution is -0.0712. The van der Waals surface area contributed by atoms with Crippen LogP contribution in [0.5, 0.6) is 0 Å². The normalized spacial score (nSPS) is 35.0. The van der Waals surface area contributed by atoms with Gasteiger partial charge in [-0.25, -0.2) is 13.1 Å². The van der Waals surface area contributed by atoms with Crippen molar-refractivity contribution in [3.8, 4) is 0 Å². The van der Waals surface area contributed by atoms with Gasteiger partial charge in [0.15, 0.2) is 0 Å². The molecule has 4 bridgehead atoms. The summed E-state index contributed by atoms with van der Waals surface area (Å²) in [5, 5.41) is 0. The average Bonchev–Trinajstić information content (AvgIpc) is 2.53. The second-order valence-electron chi connectivity index (χ2n) is 8.70. The predicted octanol–water partition coefficient (Wildman–Crippen LogP) is 5.11.